The predicted molar refractivity (Wildman–Crippen MR) is 47.8 cm³/mol. The van der Waals surface area contributed by atoms with E-state index in [-0.39, 0.29) is 0 Å². The first kappa shape index (κ1) is 12.0. The smallest absolute Gasteiger partial charge is 0.420 e. The molecule has 0 amide bonds. The van der Waals surface area contributed by atoms with Gasteiger partial charge in [-0.2, -0.15) is 18.4 Å². The molecule has 1 N–H and O–H groups in total. The average Bonchev–Trinajstić information content (AvgIpc) is 2.14. The maximum atomic E-state index is 12.6. The van der Waals surface area contributed by atoms with E-state index in [1.54, 1.807) is 0 Å². The monoisotopic (exact) mass is 229 g/mol. The van der Waals surface area contributed by atoms with E-state index in [2.05, 4.69) is 0 Å². The molecule has 3 nitrogen and oxygen atoms in total. The third-order valence-electron chi connectivity index (χ3n) is 1.96. The van der Waals surface area contributed by atoms with Crippen LogP contribution in [0.15, 0.2) is 12.1 Å². The Hall–Kier alpha value is -2.03. The Morgan fingerprint density at radius 1 is 1.44 bits per heavy atom. The van der Waals surface area contributed by atoms with Gasteiger partial charge in [-0.05, 0) is 19.1 Å². The maximum absolute atomic E-state index is 12.6. The number of rotatable bonds is 1. The number of carbonyl (C=O) groups is 1. The van der Waals surface area contributed by atoms with Gasteiger partial charge in [-0.25, -0.2) is 0 Å². The number of Topliss-reactive ketones (excluding diaryl/α,β-unsaturated/α-hetero) is 1. The van der Waals surface area contributed by atoms with Gasteiger partial charge < -0.3 is 5.11 Å². The Morgan fingerprint density at radius 3 is 2.38 bits per heavy atom. The molecule has 0 aliphatic rings. The molecule has 0 saturated carbocycles. The topological polar surface area (TPSA) is 61.1 Å². The first-order chi connectivity index (χ1) is 7.29. The van der Waals surface area contributed by atoms with Crippen molar-refractivity contribution in [2.75, 3.05) is 0 Å². The van der Waals surface area contributed by atoms with Crippen LogP contribution in [-0.2, 0) is 6.18 Å². The van der Waals surface area contributed by atoms with Gasteiger partial charge in [0.2, 0.25) is 0 Å². The van der Waals surface area contributed by atoms with E-state index in [0.717, 1.165) is 19.1 Å². The zero-order valence-electron chi connectivity index (χ0n) is 8.09. The van der Waals surface area contributed by atoms with Gasteiger partial charge in [0.25, 0.3) is 0 Å². The third kappa shape index (κ3) is 1.98. The Bertz CT molecular complexity index is 486. The van der Waals surface area contributed by atoms with Gasteiger partial charge in [0.1, 0.15) is 17.4 Å². The van der Waals surface area contributed by atoms with E-state index in [1.807, 2.05) is 0 Å². The molecule has 1 aromatic carbocycles. The lowest BCUT2D eigenvalue weighted by Gasteiger charge is -2.13. The number of ketones is 1. The molecular weight excluding hydrogens is 223 g/mol. The van der Waals surface area contributed by atoms with Crippen molar-refractivity contribution in [1.29, 1.82) is 5.26 Å². The van der Waals surface area contributed by atoms with Gasteiger partial charge in [0.15, 0.2) is 5.78 Å². The number of carbonyl (C=O) groups excluding carboxylic acids is 1. The molecule has 0 aromatic heterocycles. The molecule has 0 aliphatic carbocycles. The number of phenolic OH excluding ortho intramolecular Hbond substituents is 1. The van der Waals surface area contributed by atoms with Crippen molar-refractivity contribution in [3.63, 3.8) is 0 Å². The number of aromatic hydroxyl groups is 1. The van der Waals surface area contributed by atoms with Gasteiger partial charge in [0.05, 0.1) is 5.56 Å². The lowest BCUT2D eigenvalue weighted by atomic mass is 9.99. The molecule has 0 heterocycles. The minimum absolute atomic E-state index is 0.516. The molecule has 0 spiro atoms. The van der Waals surface area contributed by atoms with Crippen LogP contribution in [0.2, 0.25) is 0 Å². The summed E-state index contributed by atoms with van der Waals surface area (Å²) in [5, 5.41) is 17.7. The second-order valence-corrected chi connectivity index (χ2v) is 3.05. The summed E-state index contributed by atoms with van der Waals surface area (Å²) in [5.41, 5.74) is -2.62. The highest BCUT2D eigenvalue weighted by atomic mass is 19.4. The summed E-state index contributed by atoms with van der Waals surface area (Å²) in [4.78, 5) is 11.0. The Kier molecular flexibility index (Phi) is 2.90. The second kappa shape index (κ2) is 3.85. The van der Waals surface area contributed by atoms with Crippen molar-refractivity contribution in [3.05, 3.63) is 28.8 Å². The van der Waals surface area contributed by atoms with Gasteiger partial charge in [-0.3, -0.25) is 4.79 Å². The molecule has 0 aliphatic heterocycles. The maximum Gasteiger partial charge on any atom is 0.420 e. The van der Waals surface area contributed by atoms with Crippen LogP contribution in [0.3, 0.4) is 0 Å². The first-order valence-corrected chi connectivity index (χ1v) is 4.13. The zero-order chi connectivity index (χ0) is 12.5. The molecule has 0 fully saturated rings. The molecule has 0 bridgehead atoms. The average molecular weight is 229 g/mol. The highest BCUT2D eigenvalue weighted by Gasteiger charge is 2.38. The molecule has 0 atom stereocenters. The molecule has 1 aromatic rings. The molecular formula is C10H6F3NO2. The van der Waals surface area contributed by atoms with Crippen molar-refractivity contribution in [1.82, 2.24) is 0 Å². The van der Waals surface area contributed by atoms with Crippen molar-refractivity contribution < 1.29 is 23.1 Å². The SMILES string of the molecule is CC(=O)c1ccc(C#N)c(O)c1C(F)(F)F. The lowest BCUT2D eigenvalue weighted by Crippen LogP contribution is -2.12. The number of phenols is 1. The van der Waals surface area contributed by atoms with Crippen LogP contribution in [0.25, 0.3) is 0 Å². The molecule has 0 unspecified atom stereocenters. The molecule has 1 rings (SSSR count). The van der Waals surface area contributed by atoms with Crippen LogP contribution in [0.1, 0.15) is 28.4 Å². The highest BCUT2D eigenvalue weighted by molar-refractivity contribution is 5.96. The molecule has 16 heavy (non-hydrogen) atoms. The number of nitriles is 1. The Labute approximate surface area is 88.7 Å². The van der Waals surface area contributed by atoms with Crippen molar-refractivity contribution in [2.45, 2.75) is 13.1 Å². The number of benzene rings is 1. The fourth-order valence-electron chi connectivity index (χ4n) is 1.26. The summed E-state index contributed by atoms with van der Waals surface area (Å²) in [6, 6.07) is 3.26. The molecule has 0 radical (unpaired) electrons. The highest BCUT2D eigenvalue weighted by Crippen LogP contribution is 2.40. The largest absolute Gasteiger partial charge is 0.506 e. The molecule has 84 valence electrons. The van der Waals surface area contributed by atoms with Gasteiger partial charge in [-0.15, -0.1) is 0 Å². The van der Waals surface area contributed by atoms with E-state index >= 15 is 0 Å². The number of alkyl halides is 3. The summed E-state index contributed by atoms with van der Waals surface area (Å²) in [6.45, 7) is 0.954. The van der Waals surface area contributed by atoms with Crippen LogP contribution in [0.5, 0.6) is 5.75 Å². The zero-order valence-corrected chi connectivity index (χ0v) is 8.09. The number of hydrogen-bond donors (Lipinski definition) is 1. The summed E-state index contributed by atoms with van der Waals surface area (Å²) in [6.07, 6.45) is -4.88. The van der Waals surface area contributed by atoms with E-state index in [9.17, 15) is 23.1 Å². The fourth-order valence-corrected chi connectivity index (χ4v) is 1.26. The Balaban J connectivity index is 3.64. The van der Waals surface area contributed by atoms with E-state index in [4.69, 9.17) is 5.26 Å². The number of nitrogens with zero attached hydrogens (tertiary/aromatic N) is 1. The quantitative estimate of drug-likeness (QED) is 0.752. The molecule has 0 saturated heterocycles. The minimum atomic E-state index is -4.88. The van der Waals surface area contributed by atoms with Crippen molar-refractivity contribution in [3.8, 4) is 11.8 Å². The molecule has 6 heteroatoms. The van der Waals surface area contributed by atoms with E-state index in [0.29, 0.717) is 0 Å². The van der Waals surface area contributed by atoms with Crippen molar-refractivity contribution in [2.24, 2.45) is 0 Å². The van der Waals surface area contributed by atoms with Crippen LogP contribution in [0, 0.1) is 11.3 Å². The fraction of sp³-hybridized carbons (Fsp3) is 0.200. The van der Waals surface area contributed by atoms with Crippen LogP contribution >= 0.6 is 0 Å². The Morgan fingerprint density at radius 2 is 2.00 bits per heavy atom. The standard InChI is InChI=1S/C10H6F3NO2/c1-5(15)7-3-2-6(4-14)9(16)8(7)10(11,12)13/h2-3,16H,1H3. The second-order valence-electron chi connectivity index (χ2n) is 3.05. The van der Waals surface area contributed by atoms with Gasteiger partial charge in [0, 0.05) is 5.56 Å². The van der Waals surface area contributed by atoms with E-state index in [1.165, 1.54) is 6.07 Å². The van der Waals surface area contributed by atoms with Crippen LogP contribution in [0.4, 0.5) is 13.2 Å². The summed E-state index contributed by atoms with van der Waals surface area (Å²) >= 11 is 0. The summed E-state index contributed by atoms with van der Waals surface area (Å²) < 4.78 is 37.7. The summed E-state index contributed by atoms with van der Waals surface area (Å²) in [7, 11) is 0. The minimum Gasteiger partial charge on any atom is -0.506 e. The van der Waals surface area contributed by atoms with Crippen molar-refractivity contribution >= 4 is 5.78 Å². The van der Waals surface area contributed by atoms with Crippen LogP contribution < -0.4 is 0 Å². The van der Waals surface area contributed by atoms with Crippen LogP contribution in [-0.4, -0.2) is 10.9 Å². The third-order valence-corrected chi connectivity index (χ3v) is 1.96. The summed E-state index contributed by atoms with van der Waals surface area (Å²) in [5.74, 6) is -2.03. The van der Waals surface area contributed by atoms with Gasteiger partial charge in [-0.1, -0.05) is 0 Å². The first-order valence-electron chi connectivity index (χ1n) is 4.13. The lowest BCUT2D eigenvalue weighted by molar-refractivity contribution is -0.139. The predicted octanol–water partition coefficient (Wildman–Crippen LogP) is 2.49. The van der Waals surface area contributed by atoms with Gasteiger partial charge >= 0.3 is 6.18 Å². The number of hydrogen-bond acceptors (Lipinski definition) is 3. The normalized spacial score (nSPS) is 10.9. The van der Waals surface area contributed by atoms with E-state index < -0.39 is 34.4 Å². The number of halogens is 3.